The Bertz CT molecular complexity index is 1320. The molecule has 0 radical (unpaired) electrons. The predicted octanol–water partition coefficient (Wildman–Crippen LogP) is 7.29. The summed E-state index contributed by atoms with van der Waals surface area (Å²) in [5.74, 6) is 1.09. The van der Waals surface area contributed by atoms with Crippen LogP contribution in [0.1, 0.15) is 29.2 Å². The van der Waals surface area contributed by atoms with Crippen molar-refractivity contribution in [1.82, 2.24) is 0 Å². The van der Waals surface area contributed by atoms with E-state index in [-0.39, 0.29) is 11.6 Å². The zero-order valence-corrected chi connectivity index (χ0v) is 24.3. The number of aliphatic imine (C=N–C) groups is 1. The van der Waals surface area contributed by atoms with Crippen LogP contribution in [0.15, 0.2) is 69.8 Å². The first-order valence-corrected chi connectivity index (χ1v) is 13.4. The van der Waals surface area contributed by atoms with Crippen LogP contribution in [0.5, 0.6) is 11.5 Å². The Morgan fingerprint density at radius 2 is 1.85 bits per heavy atom. The predicted molar refractivity (Wildman–Crippen MR) is 153 cm³/mol. The number of carbonyl (C=O) groups is 1. The Morgan fingerprint density at radius 3 is 2.59 bits per heavy atom. The summed E-state index contributed by atoms with van der Waals surface area (Å²) in [5.41, 5.74) is 4.03. The molecule has 0 unspecified atom stereocenters. The molecule has 3 aromatic rings. The summed E-state index contributed by atoms with van der Waals surface area (Å²) in [4.78, 5) is 16.9. The van der Waals surface area contributed by atoms with E-state index >= 15 is 0 Å². The summed E-state index contributed by atoms with van der Waals surface area (Å²) in [6, 6.07) is 17.6. The van der Waals surface area contributed by atoms with E-state index < -0.39 is 5.97 Å². The van der Waals surface area contributed by atoms with Crippen molar-refractivity contribution in [3.05, 3.63) is 94.2 Å². The summed E-state index contributed by atoms with van der Waals surface area (Å²) in [5, 5.41) is 0. The van der Waals surface area contributed by atoms with E-state index in [0.29, 0.717) is 24.7 Å². The number of aryl methyl sites for hydroxylation is 1. The van der Waals surface area contributed by atoms with E-state index in [9.17, 15) is 4.79 Å². The third kappa shape index (κ3) is 5.83. The third-order valence-corrected chi connectivity index (χ3v) is 8.19. The summed E-state index contributed by atoms with van der Waals surface area (Å²) < 4.78 is 20.3. The number of rotatable bonds is 7. The Morgan fingerprint density at radius 1 is 1.06 bits per heavy atom. The first-order valence-electron chi connectivity index (χ1n) is 10.5. The van der Waals surface area contributed by atoms with Crippen molar-refractivity contribution in [3.63, 3.8) is 0 Å². The number of hydrogen-bond acceptors (Lipinski definition) is 5. The van der Waals surface area contributed by atoms with Crippen LogP contribution in [0.4, 0.5) is 0 Å². The quantitative estimate of drug-likeness (QED) is 0.145. The maximum atomic E-state index is 12.5. The molecular formula is C26H20BrI2NO4. The van der Waals surface area contributed by atoms with Gasteiger partial charge < -0.3 is 14.2 Å². The van der Waals surface area contributed by atoms with Gasteiger partial charge in [0.05, 0.1) is 10.2 Å². The molecule has 0 atom stereocenters. The monoisotopic (exact) mass is 743 g/mol. The smallest absolute Gasteiger partial charge is 0.363 e. The third-order valence-electron chi connectivity index (χ3n) is 5.06. The van der Waals surface area contributed by atoms with Gasteiger partial charge in [-0.25, -0.2) is 9.79 Å². The second kappa shape index (κ2) is 11.2. The topological polar surface area (TPSA) is 57.1 Å². The standard InChI is InChI=1S/C26H20BrI2NO4/c1-3-32-23-12-16(10-21(29)24(23)33-14-18-7-5-4-6-15(18)2)11-22-26(31)34-25(30-22)17-8-9-20(28)19(27)13-17/h4-13H,3,14H2,1-2H3/b22-11-. The summed E-state index contributed by atoms with van der Waals surface area (Å²) >= 11 is 7.95. The van der Waals surface area contributed by atoms with Gasteiger partial charge in [-0.05, 0) is 128 Å². The second-order valence-corrected chi connectivity index (χ2v) is 10.6. The highest BCUT2D eigenvalue weighted by Crippen LogP contribution is 2.36. The molecule has 1 heterocycles. The lowest BCUT2D eigenvalue weighted by Crippen LogP contribution is -2.05. The molecule has 0 saturated carbocycles. The molecule has 3 aromatic carbocycles. The van der Waals surface area contributed by atoms with Crippen molar-refractivity contribution in [2.45, 2.75) is 20.5 Å². The van der Waals surface area contributed by atoms with Crippen molar-refractivity contribution in [3.8, 4) is 11.5 Å². The van der Waals surface area contributed by atoms with Crippen LogP contribution in [0, 0.1) is 14.1 Å². The van der Waals surface area contributed by atoms with Gasteiger partial charge in [0.25, 0.3) is 0 Å². The van der Waals surface area contributed by atoms with Gasteiger partial charge in [-0.1, -0.05) is 24.3 Å². The molecule has 4 rings (SSSR count). The summed E-state index contributed by atoms with van der Waals surface area (Å²) in [6.07, 6.45) is 1.70. The lowest BCUT2D eigenvalue weighted by atomic mass is 10.1. The van der Waals surface area contributed by atoms with Gasteiger partial charge in [-0.3, -0.25) is 0 Å². The minimum atomic E-state index is -0.488. The van der Waals surface area contributed by atoms with E-state index in [1.807, 2.05) is 49.4 Å². The lowest BCUT2D eigenvalue weighted by molar-refractivity contribution is -0.129. The molecule has 34 heavy (non-hydrogen) atoms. The van der Waals surface area contributed by atoms with Crippen molar-refractivity contribution in [1.29, 1.82) is 0 Å². The highest BCUT2D eigenvalue weighted by molar-refractivity contribution is 14.1. The van der Waals surface area contributed by atoms with E-state index in [4.69, 9.17) is 14.2 Å². The molecule has 0 fully saturated rings. The fourth-order valence-corrected chi connectivity index (χ4v) is 4.81. The fraction of sp³-hybridized carbons (Fsp3) is 0.154. The largest absolute Gasteiger partial charge is 0.490 e. The molecule has 0 spiro atoms. The number of ether oxygens (including phenoxy) is 3. The van der Waals surface area contributed by atoms with E-state index in [0.717, 1.165) is 28.3 Å². The molecule has 1 aliphatic rings. The Labute approximate surface area is 234 Å². The second-order valence-electron chi connectivity index (χ2n) is 7.44. The Hall–Kier alpha value is -1.92. The number of cyclic esters (lactones) is 1. The summed E-state index contributed by atoms with van der Waals surface area (Å²) in [6.45, 7) is 4.91. The van der Waals surface area contributed by atoms with E-state index in [1.165, 1.54) is 5.56 Å². The molecule has 0 bridgehead atoms. The number of halogens is 3. The maximum Gasteiger partial charge on any atom is 0.363 e. The number of nitrogens with zero attached hydrogens (tertiary/aromatic N) is 1. The van der Waals surface area contributed by atoms with Gasteiger partial charge in [0.1, 0.15) is 6.61 Å². The van der Waals surface area contributed by atoms with Gasteiger partial charge in [0.15, 0.2) is 17.2 Å². The average molecular weight is 744 g/mol. The van der Waals surface area contributed by atoms with Crippen molar-refractivity contribution < 1.29 is 19.0 Å². The van der Waals surface area contributed by atoms with Gasteiger partial charge in [-0.15, -0.1) is 0 Å². The van der Waals surface area contributed by atoms with Crippen LogP contribution >= 0.6 is 61.1 Å². The first-order chi connectivity index (χ1) is 16.4. The molecule has 0 saturated heterocycles. The van der Waals surface area contributed by atoms with Crippen molar-refractivity contribution in [2.24, 2.45) is 4.99 Å². The van der Waals surface area contributed by atoms with Gasteiger partial charge in [0, 0.05) is 13.6 Å². The fourth-order valence-electron chi connectivity index (χ4n) is 3.32. The number of benzene rings is 3. The minimum Gasteiger partial charge on any atom is -0.490 e. The number of hydrogen-bond donors (Lipinski definition) is 0. The van der Waals surface area contributed by atoms with E-state index in [1.54, 1.807) is 6.08 Å². The highest BCUT2D eigenvalue weighted by Gasteiger charge is 2.25. The molecule has 5 nitrogen and oxygen atoms in total. The Balaban J connectivity index is 1.62. The zero-order valence-electron chi connectivity index (χ0n) is 18.4. The van der Waals surface area contributed by atoms with Crippen LogP contribution in [0.25, 0.3) is 6.08 Å². The normalized spacial score (nSPS) is 14.2. The van der Waals surface area contributed by atoms with Crippen molar-refractivity contribution in [2.75, 3.05) is 6.61 Å². The SMILES string of the molecule is CCOc1cc(/C=C2\N=C(c3ccc(I)c(Br)c3)OC2=O)cc(I)c1OCc1ccccc1C. The average Bonchev–Trinajstić information content (AvgIpc) is 3.16. The van der Waals surface area contributed by atoms with Crippen molar-refractivity contribution >= 4 is 79.1 Å². The zero-order chi connectivity index (χ0) is 24.2. The molecule has 0 aliphatic carbocycles. The van der Waals surface area contributed by atoms with Crippen LogP contribution in [-0.2, 0) is 16.1 Å². The van der Waals surface area contributed by atoms with Gasteiger partial charge in [-0.2, -0.15) is 0 Å². The number of esters is 1. The summed E-state index contributed by atoms with van der Waals surface area (Å²) in [7, 11) is 0. The molecule has 1 aliphatic heterocycles. The van der Waals surface area contributed by atoms with Gasteiger partial charge in [0.2, 0.25) is 5.90 Å². The molecule has 0 aromatic heterocycles. The maximum absolute atomic E-state index is 12.5. The molecule has 8 heteroatoms. The molecule has 0 amide bonds. The van der Waals surface area contributed by atoms with Crippen LogP contribution in [0.3, 0.4) is 0 Å². The van der Waals surface area contributed by atoms with Crippen LogP contribution < -0.4 is 9.47 Å². The van der Waals surface area contributed by atoms with Crippen LogP contribution in [-0.4, -0.2) is 18.5 Å². The molecule has 174 valence electrons. The highest BCUT2D eigenvalue weighted by atomic mass is 127. The Kier molecular flexibility index (Phi) is 8.30. The van der Waals surface area contributed by atoms with Crippen LogP contribution in [0.2, 0.25) is 0 Å². The minimum absolute atomic E-state index is 0.233. The van der Waals surface area contributed by atoms with E-state index in [2.05, 4.69) is 85.2 Å². The lowest BCUT2D eigenvalue weighted by Gasteiger charge is -2.15. The molecule has 0 N–H and O–H groups in total. The molecular weight excluding hydrogens is 724 g/mol. The first kappa shape index (κ1) is 25.2. The van der Waals surface area contributed by atoms with Gasteiger partial charge >= 0.3 is 5.97 Å². The number of carbonyl (C=O) groups excluding carboxylic acids is 1.